The highest BCUT2D eigenvalue weighted by Gasteiger charge is 2.05. The van der Waals surface area contributed by atoms with Gasteiger partial charge in [0, 0.05) is 0 Å². The van der Waals surface area contributed by atoms with Crippen LogP contribution in [0.25, 0.3) is 0 Å². The van der Waals surface area contributed by atoms with Crippen LogP contribution in [0.2, 0.25) is 0 Å². The molecule has 3 nitrogen and oxygen atoms in total. The first kappa shape index (κ1) is 8.57. The molecule has 0 aromatic heterocycles. The number of hydrogen-bond donors (Lipinski definition) is 1. The topological polar surface area (TPSA) is 53.2 Å². The van der Waals surface area contributed by atoms with Crippen LogP contribution in [-0.2, 0) is 6.61 Å². The van der Waals surface area contributed by atoms with Gasteiger partial charge in [-0.25, -0.2) is 0 Å². The Hall–Kier alpha value is -1.53. The minimum absolute atomic E-state index is 0.139. The Kier molecular flexibility index (Phi) is 2.67. The summed E-state index contributed by atoms with van der Waals surface area (Å²) >= 11 is 0. The molecule has 12 heavy (non-hydrogen) atoms. The van der Waals surface area contributed by atoms with E-state index in [0.29, 0.717) is 16.9 Å². The second-order valence-corrected chi connectivity index (χ2v) is 2.26. The van der Waals surface area contributed by atoms with E-state index in [2.05, 4.69) is 0 Å². The van der Waals surface area contributed by atoms with Crippen LogP contribution in [0.4, 0.5) is 0 Å². The molecule has 0 aliphatic heterocycles. The molecule has 0 unspecified atom stereocenters. The summed E-state index contributed by atoms with van der Waals surface area (Å²) in [5.74, 6) is 0.504. The number of benzene rings is 1. The van der Waals surface area contributed by atoms with Crippen LogP contribution in [0.5, 0.6) is 5.75 Å². The van der Waals surface area contributed by atoms with Crippen LogP contribution in [0.15, 0.2) is 18.2 Å². The van der Waals surface area contributed by atoms with Crippen molar-refractivity contribution in [3.8, 4) is 11.8 Å². The highest BCUT2D eigenvalue weighted by Crippen LogP contribution is 2.20. The van der Waals surface area contributed by atoms with Crippen LogP contribution < -0.4 is 4.74 Å². The molecule has 1 rings (SSSR count). The maximum absolute atomic E-state index is 8.86. The van der Waals surface area contributed by atoms with E-state index in [1.165, 1.54) is 7.11 Å². The van der Waals surface area contributed by atoms with Crippen LogP contribution in [0.1, 0.15) is 11.1 Å². The number of ether oxygens (including phenoxy) is 1. The standard InChI is InChI=1S/C9H9NO2/c1-12-9-4-2-3-7(6-11)8(9)5-10/h2-4,11H,6H2,1H3. The van der Waals surface area contributed by atoms with Gasteiger partial charge in [-0.15, -0.1) is 0 Å². The lowest BCUT2D eigenvalue weighted by Crippen LogP contribution is -1.93. The fraction of sp³-hybridized carbons (Fsp3) is 0.222. The first-order valence-electron chi connectivity index (χ1n) is 3.50. The van der Waals surface area contributed by atoms with Gasteiger partial charge in [0.25, 0.3) is 0 Å². The first-order chi connectivity index (χ1) is 5.83. The number of aliphatic hydroxyl groups is 1. The van der Waals surface area contributed by atoms with Crippen LogP contribution >= 0.6 is 0 Å². The molecule has 0 fully saturated rings. The van der Waals surface area contributed by atoms with Crippen LogP contribution in [-0.4, -0.2) is 12.2 Å². The molecule has 0 saturated heterocycles. The summed E-state index contributed by atoms with van der Waals surface area (Å²) in [6.45, 7) is -0.139. The zero-order chi connectivity index (χ0) is 8.97. The van der Waals surface area contributed by atoms with E-state index < -0.39 is 0 Å². The number of aliphatic hydroxyl groups excluding tert-OH is 1. The predicted octanol–water partition coefficient (Wildman–Crippen LogP) is 1.06. The quantitative estimate of drug-likeness (QED) is 0.709. The van der Waals surface area contributed by atoms with Crippen molar-refractivity contribution in [2.75, 3.05) is 7.11 Å². The molecular weight excluding hydrogens is 154 g/mol. The molecule has 1 aromatic carbocycles. The molecule has 1 N–H and O–H groups in total. The average molecular weight is 163 g/mol. The van der Waals surface area contributed by atoms with Gasteiger partial charge in [-0.1, -0.05) is 12.1 Å². The Morgan fingerprint density at radius 1 is 1.58 bits per heavy atom. The maximum atomic E-state index is 8.86. The fourth-order valence-electron chi connectivity index (χ4n) is 1.01. The summed E-state index contributed by atoms with van der Waals surface area (Å²) in [5.41, 5.74) is 0.999. The average Bonchev–Trinajstić information content (AvgIpc) is 2.16. The third-order valence-electron chi connectivity index (χ3n) is 1.61. The van der Waals surface area contributed by atoms with Crippen LogP contribution in [0, 0.1) is 11.3 Å². The molecule has 0 aliphatic carbocycles. The normalized spacial score (nSPS) is 9.08. The minimum atomic E-state index is -0.139. The van der Waals surface area contributed by atoms with Gasteiger partial charge in [0.15, 0.2) is 0 Å². The van der Waals surface area contributed by atoms with Crippen molar-refractivity contribution < 1.29 is 9.84 Å². The Morgan fingerprint density at radius 3 is 2.83 bits per heavy atom. The highest BCUT2D eigenvalue weighted by molar-refractivity contribution is 5.48. The SMILES string of the molecule is COc1cccc(CO)c1C#N. The van der Waals surface area contributed by atoms with Gasteiger partial charge in [-0.2, -0.15) is 5.26 Å². The summed E-state index contributed by atoms with van der Waals surface area (Å²) in [6, 6.07) is 7.11. The minimum Gasteiger partial charge on any atom is -0.495 e. The first-order valence-corrected chi connectivity index (χ1v) is 3.50. The Bertz CT molecular complexity index is 293. The largest absolute Gasteiger partial charge is 0.495 e. The van der Waals surface area contributed by atoms with E-state index in [1.807, 2.05) is 6.07 Å². The number of methoxy groups -OCH3 is 1. The lowest BCUT2D eigenvalue weighted by atomic mass is 10.1. The molecule has 0 atom stereocenters. The lowest BCUT2D eigenvalue weighted by molar-refractivity contribution is 0.280. The van der Waals surface area contributed by atoms with Crippen molar-refractivity contribution in [2.45, 2.75) is 6.61 Å². The second-order valence-electron chi connectivity index (χ2n) is 2.26. The van der Waals surface area contributed by atoms with Gasteiger partial charge in [0.05, 0.1) is 19.3 Å². The molecule has 0 aliphatic rings. The van der Waals surface area contributed by atoms with Crippen molar-refractivity contribution in [1.29, 1.82) is 5.26 Å². The number of rotatable bonds is 2. The third-order valence-corrected chi connectivity index (χ3v) is 1.61. The Labute approximate surface area is 70.8 Å². The third kappa shape index (κ3) is 1.39. The smallest absolute Gasteiger partial charge is 0.136 e. The van der Waals surface area contributed by atoms with Gasteiger partial charge in [0.2, 0.25) is 0 Å². The Balaban J connectivity index is 3.25. The fourth-order valence-corrected chi connectivity index (χ4v) is 1.01. The molecule has 0 amide bonds. The molecule has 0 saturated carbocycles. The molecule has 3 heteroatoms. The zero-order valence-electron chi connectivity index (χ0n) is 6.74. The van der Waals surface area contributed by atoms with E-state index in [0.717, 1.165) is 0 Å². The lowest BCUT2D eigenvalue weighted by Gasteiger charge is -2.04. The number of hydrogen-bond acceptors (Lipinski definition) is 3. The highest BCUT2D eigenvalue weighted by atomic mass is 16.5. The zero-order valence-corrected chi connectivity index (χ0v) is 6.74. The molecule has 1 aromatic rings. The van der Waals surface area contributed by atoms with Crippen molar-refractivity contribution in [1.82, 2.24) is 0 Å². The Morgan fingerprint density at radius 2 is 2.33 bits per heavy atom. The summed E-state index contributed by atoms with van der Waals surface area (Å²) in [4.78, 5) is 0. The molecule has 0 heterocycles. The molecule has 0 radical (unpaired) electrons. The molecule has 0 bridgehead atoms. The van der Waals surface area contributed by atoms with E-state index >= 15 is 0 Å². The molecule has 0 spiro atoms. The van der Waals surface area contributed by atoms with Crippen molar-refractivity contribution in [3.63, 3.8) is 0 Å². The predicted molar refractivity (Wildman–Crippen MR) is 43.6 cm³/mol. The van der Waals surface area contributed by atoms with Gasteiger partial charge in [-0.05, 0) is 11.6 Å². The van der Waals surface area contributed by atoms with Crippen molar-refractivity contribution in [2.24, 2.45) is 0 Å². The summed E-state index contributed by atoms with van der Waals surface area (Å²) in [5, 5.41) is 17.6. The molecular formula is C9H9NO2. The van der Waals surface area contributed by atoms with Crippen molar-refractivity contribution >= 4 is 0 Å². The molecule has 62 valence electrons. The maximum Gasteiger partial charge on any atom is 0.136 e. The van der Waals surface area contributed by atoms with E-state index in [1.54, 1.807) is 18.2 Å². The van der Waals surface area contributed by atoms with Gasteiger partial charge >= 0.3 is 0 Å². The van der Waals surface area contributed by atoms with Gasteiger partial charge in [0.1, 0.15) is 11.8 Å². The summed E-state index contributed by atoms with van der Waals surface area (Å²) in [6.07, 6.45) is 0. The summed E-state index contributed by atoms with van der Waals surface area (Å²) in [7, 11) is 1.50. The van der Waals surface area contributed by atoms with Gasteiger partial charge < -0.3 is 9.84 Å². The van der Waals surface area contributed by atoms with Crippen LogP contribution in [0.3, 0.4) is 0 Å². The van der Waals surface area contributed by atoms with Crippen molar-refractivity contribution in [3.05, 3.63) is 29.3 Å². The number of nitriles is 1. The van der Waals surface area contributed by atoms with E-state index in [9.17, 15) is 0 Å². The summed E-state index contributed by atoms with van der Waals surface area (Å²) < 4.78 is 4.95. The second kappa shape index (κ2) is 3.74. The monoisotopic (exact) mass is 163 g/mol. The van der Waals surface area contributed by atoms with E-state index in [-0.39, 0.29) is 6.61 Å². The van der Waals surface area contributed by atoms with E-state index in [4.69, 9.17) is 15.1 Å². The number of nitrogens with zero attached hydrogens (tertiary/aromatic N) is 1. The van der Waals surface area contributed by atoms with Gasteiger partial charge in [-0.3, -0.25) is 0 Å².